The zero-order valence-electron chi connectivity index (χ0n) is 9.76. The summed E-state index contributed by atoms with van der Waals surface area (Å²) in [6.45, 7) is 5.10. The van der Waals surface area contributed by atoms with Crippen LogP contribution in [0.4, 0.5) is 0 Å². The Morgan fingerprint density at radius 1 is 1.50 bits per heavy atom. The molecule has 0 saturated heterocycles. The third-order valence-corrected chi connectivity index (χ3v) is 3.52. The summed E-state index contributed by atoms with van der Waals surface area (Å²) in [5.74, 6) is 0.668. The molecule has 90 valence electrons. The van der Waals surface area contributed by atoms with Gasteiger partial charge in [-0.3, -0.25) is 4.98 Å². The number of pyridine rings is 1. The van der Waals surface area contributed by atoms with Crippen molar-refractivity contribution >= 4 is 23.2 Å². The zero-order chi connectivity index (χ0) is 12.0. The Morgan fingerprint density at radius 3 is 2.81 bits per heavy atom. The zero-order valence-corrected chi connectivity index (χ0v) is 11.3. The van der Waals surface area contributed by atoms with Gasteiger partial charge in [0.15, 0.2) is 0 Å². The van der Waals surface area contributed by atoms with Crippen LogP contribution in [0, 0.1) is 0 Å². The molecule has 0 aliphatic carbocycles. The molecule has 1 heterocycles. The number of hydrogen-bond donors (Lipinski definition) is 1. The lowest BCUT2D eigenvalue weighted by atomic mass is 9.95. The molecule has 2 nitrogen and oxygen atoms in total. The van der Waals surface area contributed by atoms with Gasteiger partial charge in [-0.2, -0.15) is 0 Å². The van der Waals surface area contributed by atoms with Crippen LogP contribution in [0.3, 0.4) is 0 Å². The lowest BCUT2D eigenvalue weighted by Crippen LogP contribution is -2.41. The highest BCUT2D eigenvalue weighted by Gasteiger charge is 2.20. The van der Waals surface area contributed by atoms with Crippen molar-refractivity contribution in [1.82, 2.24) is 10.3 Å². The second-order valence-electron chi connectivity index (χ2n) is 4.17. The molecule has 4 heteroatoms. The van der Waals surface area contributed by atoms with E-state index in [-0.39, 0.29) is 5.54 Å². The van der Waals surface area contributed by atoms with Gasteiger partial charge in [0.25, 0.3) is 0 Å². The molecular weight excluding hydrogens is 243 g/mol. The van der Waals surface area contributed by atoms with Gasteiger partial charge >= 0.3 is 0 Å². The smallest absolute Gasteiger partial charge is 0.0634 e. The molecule has 0 saturated carbocycles. The largest absolute Gasteiger partial charge is 0.307 e. The van der Waals surface area contributed by atoms with E-state index >= 15 is 0 Å². The number of aromatic nitrogens is 1. The van der Waals surface area contributed by atoms with Gasteiger partial charge in [-0.1, -0.05) is 18.5 Å². The summed E-state index contributed by atoms with van der Waals surface area (Å²) in [6, 6.07) is 1.94. The predicted octanol–water partition coefficient (Wildman–Crippen LogP) is 3.62. The van der Waals surface area contributed by atoms with Crippen LogP contribution in [-0.4, -0.2) is 16.4 Å². The summed E-state index contributed by atoms with van der Waals surface area (Å²) < 4.78 is 0. The van der Waals surface area contributed by atoms with Crippen LogP contribution >= 0.6 is 23.2 Å². The highest BCUT2D eigenvalue weighted by Crippen LogP contribution is 2.18. The van der Waals surface area contributed by atoms with Crippen molar-refractivity contribution in [2.75, 3.05) is 5.88 Å². The summed E-state index contributed by atoms with van der Waals surface area (Å²) in [5, 5.41) is 4.21. The average molecular weight is 261 g/mol. The molecule has 1 N–H and O–H groups in total. The van der Waals surface area contributed by atoms with Gasteiger partial charge < -0.3 is 5.32 Å². The first-order chi connectivity index (χ1) is 7.61. The molecule has 1 aromatic rings. The van der Waals surface area contributed by atoms with Gasteiger partial charge in [0.1, 0.15) is 0 Å². The Hall–Kier alpha value is -0.310. The number of nitrogens with zero attached hydrogens (tertiary/aromatic N) is 1. The summed E-state index contributed by atoms with van der Waals surface area (Å²) in [7, 11) is 0. The predicted molar refractivity (Wildman–Crippen MR) is 70.1 cm³/mol. The fraction of sp³-hybridized carbons (Fsp3) is 0.583. The normalized spacial score (nSPS) is 14.8. The molecule has 0 aliphatic rings. The molecular formula is C12H18Cl2N2. The van der Waals surface area contributed by atoms with E-state index in [2.05, 4.69) is 24.1 Å². The first-order valence-electron chi connectivity index (χ1n) is 5.50. The Morgan fingerprint density at radius 2 is 2.25 bits per heavy atom. The fourth-order valence-corrected chi connectivity index (χ4v) is 2.06. The van der Waals surface area contributed by atoms with Gasteiger partial charge in [-0.15, -0.1) is 11.6 Å². The highest BCUT2D eigenvalue weighted by atomic mass is 35.5. The van der Waals surface area contributed by atoms with Crippen LogP contribution in [0.25, 0.3) is 0 Å². The van der Waals surface area contributed by atoms with Crippen LogP contribution in [0.15, 0.2) is 18.5 Å². The third-order valence-electron chi connectivity index (χ3n) is 2.99. The minimum Gasteiger partial charge on any atom is -0.307 e. The Kier molecular flexibility index (Phi) is 5.53. The minimum atomic E-state index is 0.0777. The van der Waals surface area contributed by atoms with Crippen molar-refractivity contribution < 1.29 is 0 Å². The Bertz CT molecular complexity index is 331. The average Bonchev–Trinajstić information content (AvgIpc) is 2.28. The van der Waals surface area contributed by atoms with E-state index < -0.39 is 0 Å². The molecule has 0 radical (unpaired) electrons. The van der Waals surface area contributed by atoms with Gasteiger partial charge in [-0.25, -0.2) is 0 Å². The third kappa shape index (κ3) is 3.93. The summed E-state index contributed by atoms with van der Waals surface area (Å²) in [4.78, 5) is 3.97. The SMILES string of the molecule is CCC(C)(CCCl)NCc1ccncc1Cl. The molecule has 1 rings (SSSR count). The maximum atomic E-state index is 6.04. The van der Waals surface area contributed by atoms with Crippen molar-refractivity contribution in [1.29, 1.82) is 0 Å². The Labute approximate surface area is 107 Å². The number of nitrogens with one attached hydrogen (secondary N) is 1. The van der Waals surface area contributed by atoms with Gasteiger partial charge in [0.05, 0.1) is 5.02 Å². The van der Waals surface area contributed by atoms with Crippen molar-refractivity contribution in [2.24, 2.45) is 0 Å². The van der Waals surface area contributed by atoms with Crippen LogP contribution in [0.2, 0.25) is 5.02 Å². The summed E-state index contributed by atoms with van der Waals surface area (Å²) in [5.41, 5.74) is 1.15. The van der Waals surface area contributed by atoms with E-state index in [1.165, 1.54) is 0 Å². The molecule has 0 bridgehead atoms. The fourth-order valence-electron chi connectivity index (χ4n) is 1.45. The molecule has 1 unspecified atom stereocenters. The van der Waals surface area contributed by atoms with E-state index in [4.69, 9.17) is 23.2 Å². The van der Waals surface area contributed by atoms with Gasteiger partial charge in [-0.05, 0) is 31.4 Å². The number of alkyl halides is 1. The second kappa shape index (κ2) is 6.43. The van der Waals surface area contributed by atoms with Gasteiger partial charge in [0, 0.05) is 30.4 Å². The maximum Gasteiger partial charge on any atom is 0.0634 e. The monoisotopic (exact) mass is 260 g/mol. The molecule has 16 heavy (non-hydrogen) atoms. The van der Waals surface area contributed by atoms with Crippen molar-refractivity contribution in [3.63, 3.8) is 0 Å². The highest BCUT2D eigenvalue weighted by molar-refractivity contribution is 6.31. The van der Waals surface area contributed by atoms with E-state index in [1.807, 2.05) is 6.07 Å². The number of rotatable bonds is 6. The molecule has 0 fully saturated rings. The first-order valence-corrected chi connectivity index (χ1v) is 6.42. The first kappa shape index (κ1) is 13.8. The molecule has 1 aromatic heterocycles. The van der Waals surface area contributed by atoms with Crippen molar-refractivity contribution in [3.8, 4) is 0 Å². The molecule has 1 atom stereocenters. The van der Waals surface area contributed by atoms with E-state index in [0.29, 0.717) is 10.9 Å². The lowest BCUT2D eigenvalue weighted by molar-refractivity contribution is 0.331. The van der Waals surface area contributed by atoms with Crippen molar-refractivity contribution in [3.05, 3.63) is 29.0 Å². The topological polar surface area (TPSA) is 24.9 Å². The van der Waals surface area contributed by atoms with E-state index in [9.17, 15) is 0 Å². The molecule has 0 aliphatic heterocycles. The van der Waals surface area contributed by atoms with E-state index in [1.54, 1.807) is 12.4 Å². The van der Waals surface area contributed by atoms with Crippen LogP contribution in [0.5, 0.6) is 0 Å². The maximum absolute atomic E-state index is 6.04. The standard InChI is InChI=1S/C12H18Cl2N2/c1-3-12(2,5-6-13)16-8-10-4-7-15-9-11(10)14/h4,7,9,16H,3,5-6,8H2,1-2H3. The van der Waals surface area contributed by atoms with Crippen LogP contribution in [0.1, 0.15) is 32.3 Å². The van der Waals surface area contributed by atoms with Crippen LogP contribution in [-0.2, 0) is 6.54 Å². The molecule has 0 aromatic carbocycles. The molecule has 0 amide bonds. The summed E-state index contributed by atoms with van der Waals surface area (Å²) >= 11 is 11.8. The van der Waals surface area contributed by atoms with Crippen LogP contribution < -0.4 is 5.32 Å². The minimum absolute atomic E-state index is 0.0777. The lowest BCUT2D eigenvalue weighted by Gasteiger charge is -2.29. The molecule has 0 spiro atoms. The van der Waals surface area contributed by atoms with E-state index in [0.717, 1.165) is 24.9 Å². The summed E-state index contributed by atoms with van der Waals surface area (Å²) in [6.07, 6.45) is 5.42. The van der Waals surface area contributed by atoms with Crippen molar-refractivity contribution in [2.45, 2.75) is 38.8 Å². The Balaban J connectivity index is 2.59. The second-order valence-corrected chi connectivity index (χ2v) is 4.96. The quantitative estimate of drug-likeness (QED) is 0.791. The van der Waals surface area contributed by atoms with Gasteiger partial charge in [0.2, 0.25) is 0 Å². The number of halogens is 2. The number of hydrogen-bond acceptors (Lipinski definition) is 2.